The minimum Gasteiger partial charge on any atom is -0.466 e. The average Bonchev–Trinajstić information content (AvgIpc) is 1.87. The SMILES string of the molecule is CCOC(=O)CC(Br)C(=O)I. The van der Waals surface area contributed by atoms with E-state index in [1.807, 2.05) is 0 Å². The van der Waals surface area contributed by atoms with Crippen LogP contribution in [0, 0.1) is 0 Å². The number of alkyl halides is 1. The predicted octanol–water partition coefficient (Wildman–Crippen LogP) is 1.66. The summed E-state index contributed by atoms with van der Waals surface area (Å²) in [4.78, 5) is 21.0. The Hall–Kier alpha value is 0.350. The van der Waals surface area contributed by atoms with E-state index in [1.54, 1.807) is 29.5 Å². The van der Waals surface area contributed by atoms with Gasteiger partial charge >= 0.3 is 5.97 Å². The summed E-state index contributed by atoms with van der Waals surface area (Å²) in [6, 6.07) is 0. The van der Waals surface area contributed by atoms with E-state index in [9.17, 15) is 9.59 Å². The molecule has 11 heavy (non-hydrogen) atoms. The normalized spacial score (nSPS) is 12.3. The van der Waals surface area contributed by atoms with E-state index in [4.69, 9.17) is 0 Å². The minimum atomic E-state index is -0.415. The quantitative estimate of drug-likeness (QED) is 0.340. The van der Waals surface area contributed by atoms with E-state index >= 15 is 0 Å². The molecule has 0 N–H and O–H groups in total. The van der Waals surface area contributed by atoms with Crippen LogP contribution in [0.3, 0.4) is 0 Å². The van der Waals surface area contributed by atoms with Crippen molar-refractivity contribution in [3.05, 3.63) is 0 Å². The van der Waals surface area contributed by atoms with E-state index in [2.05, 4.69) is 20.7 Å². The third-order valence-corrected chi connectivity index (χ3v) is 3.24. The highest BCUT2D eigenvalue weighted by atomic mass is 127. The first-order valence-corrected chi connectivity index (χ1v) is 5.06. The van der Waals surface area contributed by atoms with Crippen molar-refractivity contribution in [2.75, 3.05) is 6.61 Å². The summed E-state index contributed by atoms with van der Waals surface area (Å²) in [6.07, 6.45) is 0.107. The lowest BCUT2D eigenvalue weighted by Gasteiger charge is -2.03. The first-order valence-electron chi connectivity index (χ1n) is 3.07. The Morgan fingerprint density at radius 2 is 2.18 bits per heavy atom. The fraction of sp³-hybridized carbons (Fsp3) is 0.667. The molecule has 0 aromatic rings. The lowest BCUT2D eigenvalue weighted by Crippen LogP contribution is -2.15. The summed E-state index contributed by atoms with van der Waals surface area (Å²) >= 11 is 4.69. The lowest BCUT2D eigenvalue weighted by molar-refractivity contribution is -0.143. The number of carbonyl (C=O) groups excluding carboxylic acids is 2. The highest BCUT2D eigenvalue weighted by Gasteiger charge is 2.16. The Bertz CT molecular complexity index is 160. The molecule has 0 aromatic carbocycles. The van der Waals surface area contributed by atoms with E-state index in [1.165, 1.54) is 0 Å². The molecule has 0 aliphatic carbocycles. The van der Waals surface area contributed by atoms with Gasteiger partial charge in [0.15, 0.2) is 0 Å². The molecule has 0 aliphatic heterocycles. The first kappa shape index (κ1) is 11.4. The fourth-order valence-electron chi connectivity index (χ4n) is 0.446. The molecule has 64 valence electrons. The van der Waals surface area contributed by atoms with Crippen molar-refractivity contribution in [1.29, 1.82) is 0 Å². The van der Waals surface area contributed by atoms with Crippen LogP contribution < -0.4 is 0 Å². The van der Waals surface area contributed by atoms with Crippen molar-refractivity contribution in [2.45, 2.75) is 18.2 Å². The zero-order valence-electron chi connectivity index (χ0n) is 5.97. The number of rotatable bonds is 4. The van der Waals surface area contributed by atoms with Crippen LogP contribution in [0.2, 0.25) is 0 Å². The Labute approximate surface area is 87.1 Å². The second-order valence-corrected chi connectivity index (χ2v) is 3.95. The molecule has 3 nitrogen and oxygen atoms in total. The zero-order chi connectivity index (χ0) is 8.85. The van der Waals surface area contributed by atoms with Gasteiger partial charge < -0.3 is 4.74 Å². The van der Waals surface area contributed by atoms with Crippen LogP contribution in [0.25, 0.3) is 0 Å². The van der Waals surface area contributed by atoms with Crippen LogP contribution in [0.15, 0.2) is 0 Å². The standard InChI is InChI=1S/C6H8BrIO3/c1-2-11-5(9)3-4(7)6(8)10/h4H,2-3H2,1H3. The van der Waals surface area contributed by atoms with E-state index in [0.717, 1.165) is 0 Å². The molecule has 0 bridgehead atoms. The van der Waals surface area contributed by atoms with Gasteiger partial charge in [0.2, 0.25) is 3.79 Å². The molecular formula is C6H8BrIO3. The Balaban J connectivity index is 3.66. The summed E-state index contributed by atoms with van der Waals surface area (Å²) in [5, 5.41) is 0. The van der Waals surface area contributed by atoms with Crippen molar-refractivity contribution in [3.63, 3.8) is 0 Å². The third kappa shape index (κ3) is 5.60. The predicted molar refractivity (Wildman–Crippen MR) is 53.0 cm³/mol. The van der Waals surface area contributed by atoms with Crippen LogP contribution in [0.4, 0.5) is 0 Å². The van der Waals surface area contributed by atoms with Crippen molar-refractivity contribution in [1.82, 2.24) is 0 Å². The lowest BCUT2D eigenvalue weighted by atomic mass is 10.3. The summed E-state index contributed by atoms with van der Waals surface area (Å²) in [7, 11) is 0. The van der Waals surface area contributed by atoms with Crippen LogP contribution in [-0.4, -0.2) is 21.2 Å². The van der Waals surface area contributed by atoms with Crippen molar-refractivity contribution >= 4 is 48.3 Å². The van der Waals surface area contributed by atoms with Crippen molar-refractivity contribution in [3.8, 4) is 0 Å². The highest BCUT2D eigenvalue weighted by molar-refractivity contribution is 14.1. The van der Waals surface area contributed by atoms with E-state index in [-0.39, 0.29) is 16.2 Å². The van der Waals surface area contributed by atoms with Crippen LogP contribution >= 0.6 is 38.5 Å². The molecule has 0 aromatic heterocycles. The molecule has 0 heterocycles. The zero-order valence-corrected chi connectivity index (χ0v) is 9.72. The molecule has 0 aliphatic rings. The van der Waals surface area contributed by atoms with Gasteiger partial charge in [-0.05, 0) is 6.92 Å². The molecule has 0 saturated heterocycles. The summed E-state index contributed by atoms with van der Waals surface area (Å²) in [6.45, 7) is 2.08. The summed E-state index contributed by atoms with van der Waals surface area (Å²) in [5.74, 6) is -0.348. The molecule has 1 atom stereocenters. The second-order valence-electron chi connectivity index (χ2n) is 1.78. The van der Waals surface area contributed by atoms with Gasteiger partial charge in [-0.2, -0.15) is 0 Å². The second kappa shape index (κ2) is 5.93. The molecule has 0 radical (unpaired) electrons. The topological polar surface area (TPSA) is 43.4 Å². The van der Waals surface area contributed by atoms with E-state index in [0.29, 0.717) is 6.61 Å². The maximum absolute atomic E-state index is 10.8. The van der Waals surface area contributed by atoms with Crippen molar-refractivity contribution < 1.29 is 14.3 Å². The number of hydrogen-bond acceptors (Lipinski definition) is 3. The van der Waals surface area contributed by atoms with Crippen LogP contribution in [-0.2, 0) is 14.3 Å². The molecule has 0 fully saturated rings. The Kier molecular flexibility index (Phi) is 6.12. The molecular weight excluding hydrogens is 327 g/mol. The van der Waals surface area contributed by atoms with Gasteiger partial charge in [0.1, 0.15) is 0 Å². The summed E-state index contributed by atoms with van der Waals surface area (Å²) in [5.41, 5.74) is 0. The van der Waals surface area contributed by atoms with Gasteiger partial charge in [-0.3, -0.25) is 9.59 Å². The molecule has 0 amide bonds. The van der Waals surface area contributed by atoms with Gasteiger partial charge in [-0.1, -0.05) is 15.9 Å². The highest BCUT2D eigenvalue weighted by Crippen LogP contribution is 2.11. The monoisotopic (exact) mass is 334 g/mol. The first-order chi connectivity index (χ1) is 5.07. The van der Waals surface area contributed by atoms with Crippen molar-refractivity contribution in [2.24, 2.45) is 0 Å². The molecule has 5 heteroatoms. The molecule has 0 spiro atoms. The number of halogens is 2. The van der Waals surface area contributed by atoms with Gasteiger partial charge in [-0.15, -0.1) is 0 Å². The number of carbonyl (C=O) groups is 2. The average molecular weight is 335 g/mol. The summed E-state index contributed by atoms with van der Waals surface area (Å²) < 4.78 is 4.55. The van der Waals surface area contributed by atoms with Gasteiger partial charge in [0.25, 0.3) is 0 Å². The number of hydrogen-bond donors (Lipinski definition) is 0. The van der Waals surface area contributed by atoms with Crippen LogP contribution in [0.5, 0.6) is 0 Å². The van der Waals surface area contributed by atoms with Gasteiger partial charge in [-0.25, -0.2) is 0 Å². The molecule has 0 rings (SSSR count). The van der Waals surface area contributed by atoms with E-state index < -0.39 is 4.83 Å². The number of ether oxygens (including phenoxy) is 1. The van der Waals surface area contributed by atoms with Gasteiger partial charge in [0.05, 0.1) is 17.9 Å². The number of esters is 1. The van der Waals surface area contributed by atoms with Crippen LogP contribution in [0.1, 0.15) is 13.3 Å². The third-order valence-electron chi connectivity index (χ3n) is 0.897. The molecule has 1 unspecified atom stereocenters. The largest absolute Gasteiger partial charge is 0.466 e. The fourth-order valence-corrected chi connectivity index (χ4v) is 0.931. The van der Waals surface area contributed by atoms with Gasteiger partial charge in [0, 0.05) is 22.6 Å². The maximum Gasteiger partial charge on any atom is 0.307 e. The smallest absolute Gasteiger partial charge is 0.307 e. The minimum absolute atomic E-state index is 0.0874. The Morgan fingerprint density at radius 1 is 1.64 bits per heavy atom. The molecule has 0 saturated carbocycles. The maximum atomic E-state index is 10.8. The Morgan fingerprint density at radius 3 is 2.55 bits per heavy atom.